The molecule has 2 aromatic carbocycles. The lowest BCUT2D eigenvalue weighted by molar-refractivity contribution is -0.384. The quantitative estimate of drug-likeness (QED) is 0.403. The molecule has 162 valence electrons. The van der Waals surface area contributed by atoms with E-state index in [1.165, 1.54) is 21.9 Å². The number of benzene rings is 2. The Morgan fingerprint density at radius 1 is 1.00 bits per heavy atom. The Kier molecular flexibility index (Phi) is 6.50. The Morgan fingerprint density at radius 3 is 2.13 bits per heavy atom. The Morgan fingerprint density at radius 2 is 1.58 bits per heavy atom. The maximum Gasteiger partial charge on any atom is 0.338 e. The predicted molar refractivity (Wildman–Crippen MR) is 108 cm³/mol. The van der Waals surface area contributed by atoms with E-state index in [9.17, 15) is 28.9 Å². The number of nitro benzene ring substituents is 1. The first-order chi connectivity index (χ1) is 14.7. The van der Waals surface area contributed by atoms with Gasteiger partial charge in [-0.25, -0.2) is 9.18 Å². The number of amides is 2. The zero-order valence-corrected chi connectivity index (χ0v) is 17.1. The number of carbonyl (C=O) groups excluding carboxylic acids is 3. The average Bonchev–Trinajstić information content (AvgIpc) is 2.77. The van der Waals surface area contributed by atoms with Gasteiger partial charge < -0.3 is 14.5 Å². The first-order valence-electron chi connectivity index (χ1n) is 9.12. The number of nitrogens with zero attached hydrogens (tertiary/aromatic N) is 3. The lowest BCUT2D eigenvalue weighted by Gasteiger charge is -2.35. The molecule has 2 aromatic rings. The van der Waals surface area contributed by atoms with Gasteiger partial charge in [-0.15, -0.1) is 0 Å². The van der Waals surface area contributed by atoms with E-state index in [-0.39, 0.29) is 53.8 Å². The molecule has 0 N–H and O–H groups in total. The minimum atomic E-state index is -0.802. The van der Waals surface area contributed by atoms with Crippen molar-refractivity contribution in [2.24, 2.45) is 0 Å². The van der Waals surface area contributed by atoms with Crippen LogP contribution in [0.5, 0.6) is 0 Å². The number of hydrogen-bond donors (Lipinski definition) is 0. The molecule has 0 saturated carbocycles. The molecule has 1 saturated heterocycles. The Labute approximate surface area is 181 Å². The van der Waals surface area contributed by atoms with Crippen molar-refractivity contribution in [2.45, 2.75) is 0 Å². The van der Waals surface area contributed by atoms with E-state index in [0.717, 1.165) is 31.4 Å². The van der Waals surface area contributed by atoms with Gasteiger partial charge in [0.1, 0.15) is 5.82 Å². The number of methoxy groups -OCH3 is 1. The fourth-order valence-electron chi connectivity index (χ4n) is 3.20. The second-order valence-electron chi connectivity index (χ2n) is 6.73. The lowest BCUT2D eigenvalue weighted by Crippen LogP contribution is -2.50. The molecule has 0 unspecified atom stereocenters. The number of ether oxygens (including phenoxy) is 1. The Hall–Kier alpha value is -3.53. The van der Waals surface area contributed by atoms with Crippen molar-refractivity contribution in [1.82, 2.24) is 9.80 Å². The topological polar surface area (TPSA) is 110 Å². The van der Waals surface area contributed by atoms with Crippen LogP contribution in [0.25, 0.3) is 0 Å². The maximum absolute atomic E-state index is 13.2. The summed E-state index contributed by atoms with van der Waals surface area (Å²) in [5, 5.41) is 11.2. The Balaban J connectivity index is 1.74. The minimum absolute atomic E-state index is 0.00422. The van der Waals surface area contributed by atoms with Crippen LogP contribution >= 0.6 is 11.6 Å². The van der Waals surface area contributed by atoms with E-state index in [1.807, 2.05) is 0 Å². The second-order valence-corrected chi connectivity index (χ2v) is 7.13. The van der Waals surface area contributed by atoms with Crippen molar-refractivity contribution in [3.63, 3.8) is 0 Å². The number of halogens is 2. The molecule has 9 nitrogen and oxygen atoms in total. The molecule has 0 aromatic heterocycles. The van der Waals surface area contributed by atoms with E-state index in [0.29, 0.717) is 0 Å². The number of non-ortho nitro benzene ring substituents is 1. The van der Waals surface area contributed by atoms with Crippen molar-refractivity contribution >= 4 is 35.1 Å². The summed E-state index contributed by atoms with van der Waals surface area (Å²) in [5.41, 5.74) is -0.397. The first-order valence-corrected chi connectivity index (χ1v) is 9.50. The molecule has 31 heavy (non-hydrogen) atoms. The summed E-state index contributed by atoms with van der Waals surface area (Å²) >= 11 is 5.95. The van der Waals surface area contributed by atoms with Crippen molar-refractivity contribution in [2.75, 3.05) is 33.3 Å². The third kappa shape index (κ3) is 4.80. The highest BCUT2D eigenvalue weighted by Crippen LogP contribution is 2.22. The van der Waals surface area contributed by atoms with Crippen molar-refractivity contribution < 1.29 is 28.4 Å². The summed E-state index contributed by atoms with van der Waals surface area (Å²) in [6.45, 7) is 0.716. The molecular formula is C20H17ClFN3O6. The van der Waals surface area contributed by atoms with Gasteiger partial charge in [-0.2, -0.15) is 0 Å². The van der Waals surface area contributed by atoms with Gasteiger partial charge in [0.2, 0.25) is 0 Å². The molecule has 2 amide bonds. The normalized spacial score (nSPS) is 13.6. The van der Waals surface area contributed by atoms with Crippen molar-refractivity contribution in [1.29, 1.82) is 0 Å². The van der Waals surface area contributed by atoms with Crippen LogP contribution in [0, 0.1) is 15.9 Å². The summed E-state index contributed by atoms with van der Waals surface area (Å²) in [6, 6.07) is 6.85. The largest absolute Gasteiger partial charge is 0.465 e. The molecule has 0 bridgehead atoms. The number of esters is 1. The summed E-state index contributed by atoms with van der Waals surface area (Å²) in [4.78, 5) is 50.7. The highest BCUT2D eigenvalue weighted by molar-refractivity contribution is 6.33. The van der Waals surface area contributed by atoms with Crippen LogP contribution < -0.4 is 0 Å². The van der Waals surface area contributed by atoms with E-state index < -0.39 is 28.3 Å². The van der Waals surface area contributed by atoms with Gasteiger partial charge in [-0.1, -0.05) is 11.6 Å². The standard InChI is InChI=1S/C20H17ClFN3O6/c1-31-20(28)13-8-12(9-15(10-13)25(29)30)18(26)23-4-6-24(7-5-23)19(27)16-3-2-14(22)11-17(16)21/h2-3,8-11H,4-7H2,1H3. The fourth-order valence-corrected chi connectivity index (χ4v) is 3.45. The number of carbonyl (C=O) groups is 3. The van der Waals surface area contributed by atoms with Gasteiger partial charge in [-0.3, -0.25) is 19.7 Å². The third-order valence-corrected chi connectivity index (χ3v) is 5.12. The number of hydrogen-bond acceptors (Lipinski definition) is 6. The molecule has 1 aliphatic rings. The zero-order valence-electron chi connectivity index (χ0n) is 16.3. The van der Waals surface area contributed by atoms with Crippen molar-refractivity contribution in [3.8, 4) is 0 Å². The van der Waals surface area contributed by atoms with Crippen LogP contribution in [0.1, 0.15) is 31.1 Å². The highest BCUT2D eigenvalue weighted by atomic mass is 35.5. The van der Waals surface area contributed by atoms with E-state index in [2.05, 4.69) is 4.74 Å². The van der Waals surface area contributed by atoms with Crippen LogP contribution in [0.3, 0.4) is 0 Å². The lowest BCUT2D eigenvalue weighted by atomic mass is 10.1. The van der Waals surface area contributed by atoms with Crippen LogP contribution in [0.4, 0.5) is 10.1 Å². The van der Waals surface area contributed by atoms with Crippen LogP contribution in [-0.2, 0) is 4.74 Å². The first kappa shape index (κ1) is 22.2. The van der Waals surface area contributed by atoms with Gasteiger partial charge >= 0.3 is 5.97 Å². The summed E-state index contributed by atoms with van der Waals surface area (Å²) in [7, 11) is 1.13. The molecule has 0 aliphatic carbocycles. The Bertz CT molecular complexity index is 1070. The van der Waals surface area contributed by atoms with Gasteiger partial charge in [0.15, 0.2) is 0 Å². The molecule has 3 rings (SSSR count). The van der Waals surface area contributed by atoms with Gasteiger partial charge in [0.05, 0.1) is 28.2 Å². The molecule has 1 aliphatic heterocycles. The number of nitro groups is 1. The summed E-state index contributed by atoms with van der Waals surface area (Å²) in [6.07, 6.45) is 0. The van der Waals surface area contributed by atoms with Crippen molar-refractivity contribution in [3.05, 3.63) is 74.0 Å². The number of rotatable bonds is 4. The monoisotopic (exact) mass is 449 g/mol. The van der Waals surface area contributed by atoms with Gasteiger partial charge in [-0.05, 0) is 24.3 Å². The molecule has 0 spiro atoms. The summed E-state index contributed by atoms with van der Waals surface area (Å²) < 4.78 is 17.8. The zero-order chi connectivity index (χ0) is 22.7. The SMILES string of the molecule is COC(=O)c1cc(C(=O)N2CCN(C(=O)c3ccc(F)cc3Cl)CC2)cc([N+](=O)[O-])c1. The fraction of sp³-hybridized carbons (Fsp3) is 0.250. The predicted octanol–water partition coefficient (Wildman–Crippen LogP) is 2.77. The van der Waals surface area contributed by atoms with E-state index in [1.54, 1.807) is 0 Å². The molecule has 1 fully saturated rings. The summed E-state index contributed by atoms with van der Waals surface area (Å²) in [5.74, 6) is -2.26. The minimum Gasteiger partial charge on any atom is -0.465 e. The molecular weight excluding hydrogens is 433 g/mol. The second kappa shape index (κ2) is 9.09. The number of piperazine rings is 1. The molecule has 0 atom stereocenters. The van der Waals surface area contributed by atoms with Crippen LogP contribution in [0.2, 0.25) is 5.02 Å². The van der Waals surface area contributed by atoms with Gasteiger partial charge in [0, 0.05) is 43.9 Å². The molecule has 11 heteroatoms. The van der Waals surface area contributed by atoms with Crippen LogP contribution in [0.15, 0.2) is 36.4 Å². The molecule has 1 heterocycles. The van der Waals surface area contributed by atoms with E-state index >= 15 is 0 Å². The average molecular weight is 450 g/mol. The molecule has 0 radical (unpaired) electrons. The maximum atomic E-state index is 13.2. The van der Waals surface area contributed by atoms with E-state index in [4.69, 9.17) is 11.6 Å². The van der Waals surface area contributed by atoms with Gasteiger partial charge in [0.25, 0.3) is 17.5 Å². The third-order valence-electron chi connectivity index (χ3n) is 4.81. The van der Waals surface area contributed by atoms with Crippen LogP contribution in [-0.4, -0.2) is 65.8 Å². The smallest absolute Gasteiger partial charge is 0.338 e. The highest BCUT2D eigenvalue weighted by Gasteiger charge is 2.28.